The molecule has 1 saturated carbocycles. The lowest BCUT2D eigenvalue weighted by atomic mass is 10.1. The molecule has 0 unspecified atom stereocenters. The lowest BCUT2D eigenvalue weighted by Gasteiger charge is -2.12. The molecule has 0 bridgehead atoms. The summed E-state index contributed by atoms with van der Waals surface area (Å²) < 4.78 is 13.1. The van der Waals surface area contributed by atoms with E-state index in [4.69, 9.17) is 10.4 Å². The number of halogens is 1. The highest BCUT2D eigenvalue weighted by atomic mass is 19.1. The van der Waals surface area contributed by atoms with Gasteiger partial charge in [-0.3, -0.25) is 10.1 Å². The summed E-state index contributed by atoms with van der Waals surface area (Å²) >= 11 is 0. The van der Waals surface area contributed by atoms with Crippen molar-refractivity contribution in [1.29, 1.82) is 5.26 Å². The van der Waals surface area contributed by atoms with Crippen LogP contribution in [0, 0.1) is 17.1 Å². The molecular weight excluding hydrogens is 223 g/mol. The SMILES string of the molecule is N#Cc1cc(F)cc(CNC2(C(=O)O)CC2)c1. The molecule has 1 aromatic rings. The van der Waals surface area contributed by atoms with Crippen LogP contribution in [-0.4, -0.2) is 16.6 Å². The van der Waals surface area contributed by atoms with Crippen LogP contribution in [0.3, 0.4) is 0 Å². The number of hydrogen-bond acceptors (Lipinski definition) is 3. The standard InChI is InChI=1S/C12H11FN2O2/c13-10-4-8(6-14)3-9(5-10)7-15-12(1-2-12)11(16)17/h3-5,15H,1-2,7H2,(H,16,17). The average molecular weight is 234 g/mol. The van der Waals surface area contributed by atoms with Gasteiger partial charge in [-0.25, -0.2) is 4.39 Å². The highest BCUT2D eigenvalue weighted by molar-refractivity contribution is 5.82. The Morgan fingerprint density at radius 2 is 2.24 bits per heavy atom. The van der Waals surface area contributed by atoms with Crippen LogP contribution < -0.4 is 5.32 Å². The van der Waals surface area contributed by atoms with E-state index in [-0.39, 0.29) is 12.1 Å². The van der Waals surface area contributed by atoms with Crippen molar-refractivity contribution in [2.75, 3.05) is 0 Å². The van der Waals surface area contributed by atoms with Crippen molar-refractivity contribution in [1.82, 2.24) is 5.32 Å². The van der Waals surface area contributed by atoms with Gasteiger partial charge in [0.2, 0.25) is 0 Å². The first kappa shape index (κ1) is 11.6. The molecule has 5 heteroatoms. The van der Waals surface area contributed by atoms with Crippen molar-refractivity contribution in [3.63, 3.8) is 0 Å². The normalized spacial score (nSPS) is 16.2. The van der Waals surface area contributed by atoms with E-state index in [0.29, 0.717) is 18.4 Å². The van der Waals surface area contributed by atoms with Crippen molar-refractivity contribution < 1.29 is 14.3 Å². The molecule has 0 heterocycles. The monoisotopic (exact) mass is 234 g/mol. The molecule has 0 aliphatic heterocycles. The van der Waals surface area contributed by atoms with Gasteiger partial charge in [-0.05, 0) is 36.6 Å². The van der Waals surface area contributed by atoms with Gasteiger partial charge in [0.1, 0.15) is 11.4 Å². The number of nitriles is 1. The van der Waals surface area contributed by atoms with Crippen LogP contribution in [0.2, 0.25) is 0 Å². The summed E-state index contributed by atoms with van der Waals surface area (Å²) in [4.78, 5) is 10.9. The molecule has 0 atom stereocenters. The van der Waals surface area contributed by atoms with Crippen molar-refractivity contribution in [2.45, 2.75) is 24.9 Å². The van der Waals surface area contributed by atoms with Crippen molar-refractivity contribution >= 4 is 5.97 Å². The minimum absolute atomic E-state index is 0.238. The lowest BCUT2D eigenvalue weighted by Crippen LogP contribution is -2.38. The van der Waals surface area contributed by atoms with E-state index in [9.17, 15) is 9.18 Å². The fourth-order valence-electron chi connectivity index (χ4n) is 1.68. The van der Waals surface area contributed by atoms with Gasteiger partial charge in [0, 0.05) is 6.54 Å². The third-order valence-electron chi connectivity index (χ3n) is 2.88. The van der Waals surface area contributed by atoms with Crippen LogP contribution in [0.15, 0.2) is 18.2 Å². The summed E-state index contributed by atoms with van der Waals surface area (Å²) in [5.41, 5.74) is -0.0323. The van der Waals surface area contributed by atoms with Crippen LogP contribution in [-0.2, 0) is 11.3 Å². The highest BCUT2D eigenvalue weighted by Crippen LogP contribution is 2.35. The second-order valence-electron chi connectivity index (χ2n) is 4.20. The van der Waals surface area contributed by atoms with E-state index < -0.39 is 17.3 Å². The molecule has 0 aromatic heterocycles. The fourth-order valence-corrected chi connectivity index (χ4v) is 1.68. The van der Waals surface area contributed by atoms with Crippen LogP contribution >= 0.6 is 0 Å². The van der Waals surface area contributed by atoms with E-state index in [0.717, 1.165) is 6.07 Å². The van der Waals surface area contributed by atoms with E-state index in [1.807, 2.05) is 6.07 Å². The molecule has 88 valence electrons. The Labute approximate surface area is 97.7 Å². The zero-order valence-electron chi connectivity index (χ0n) is 9.03. The van der Waals surface area contributed by atoms with Gasteiger partial charge in [-0.15, -0.1) is 0 Å². The summed E-state index contributed by atoms with van der Waals surface area (Å²) in [6.07, 6.45) is 1.17. The first-order valence-electron chi connectivity index (χ1n) is 5.24. The quantitative estimate of drug-likeness (QED) is 0.826. The number of rotatable bonds is 4. The Bertz CT molecular complexity index is 504. The minimum atomic E-state index is -0.880. The number of benzene rings is 1. The smallest absolute Gasteiger partial charge is 0.323 e. The Balaban J connectivity index is 2.07. The zero-order valence-corrected chi connectivity index (χ0v) is 9.03. The summed E-state index contributed by atoms with van der Waals surface area (Å²) in [6, 6.07) is 5.85. The molecule has 1 aliphatic carbocycles. The molecule has 0 amide bonds. The van der Waals surface area contributed by atoms with Crippen molar-refractivity contribution in [3.05, 3.63) is 35.1 Å². The first-order chi connectivity index (χ1) is 8.05. The summed E-state index contributed by atoms with van der Waals surface area (Å²) in [5, 5.41) is 20.5. The number of nitrogens with one attached hydrogen (secondary N) is 1. The molecule has 17 heavy (non-hydrogen) atoms. The van der Waals surface area contributed by atoms with Crippen molar-refractivity contribution in [3.8, 4) is 6.07 Å². The second kappa shape index (κ2) is 4.15. The van der Waals surface area contributed by atoms with Crippen molar-refractivity contribution in [2.24, 2.45) is 0 Å². The summed E-state index contributed by atoms with van der Waals surface area (Å²) in [7, 11) is 0. The Kier molecular flexibility index (Phi) is 2.82. The summed E-state index contributed by atoms with van der Waals surface area (Å²) in [6.45, 7) is 0.249. The fraction of sp³-hybridized carbons (Fsp3) is 0.333. The predicted octanol–water partition coefficient (Wildman–Crippen LogP) is 1.40. The van der Waals surface area contributed by atoms with E-state index in [1.54, 1.807) is 6.07 Å². The lowest BCUT2D eigenvalue weighted by molar-refractivity contribution is -0.140. The number of carbonyl (C=O) groups is 1. The highest BCUT2D eigenvalue weighted by Gasteiger charge is 2.49. The first-order valence-corrected chi connectivity index (χ1v) is 5.24. The van der Waals surface area contributed by atoms with Gasteiger partial charge in [0.25, 0.3) is 0 Å². The molecule has 2 N–H and O–H groups in total. The Hall–Kier alpha value is -1.93. The molecule has 4 nitrogen and oxygen atoms in total. The predicted molar refractivity (Wildman–Crippen MR) is 57.6 cm³/mol. The maximum absolute atomic E-state index is 13.1. The van der Waals surface area contributed by atoms with Gasteiger partial charge < -0.3 is 5.11 Å². The molecule has 0 spiro atoms. The maximum atomic E-state index is 13.1. The molecule has 2 rings (SSSR count). The maximum Gasteiger partial charge on any atom is 0.323 e. The number of aliphatic carboxylic acids is 1. The minimum Gasteiger partial charge on any atom is -0.480 e. The third-order valence-corrected chi connectivity index (χ3v) is 2.88. The number of hydrogen-bond donors (Lipinski definition) is 2. The van der Waals surface area contributed by atoms with Gasteiger partial charge in [-0.1, -0.05) is 0 Å². The number of nitrogens with zero attached hydrogens (tertiary/aromatic N) is 1. The molecule has 1 aromatic carbocycles. The molecular formula is C12H11FN2O2. The van der Waals surface area contributed by atoms with E-state index >= 15 is 0 Å². The third kappa shape index (κ3) is 2.43. The molecule has 0 saturated heterocycles. The Morgan fingerprint density at radius 1 is 1.53 bits per heavy atom. The second-order valence-corrected chi connectivity index (χ2v) is 4.20. The van der Waals surface area contributed by atoms with Gasteiger partial charge >= 0.3 is 5.97 Å². The topological polar surface area (TPSA) is 73.1 Å². The van der Waals surface area contributed by atoms with Crippen LogP contribution in [0.4, 0.5) is 4.39 Å². The average Bonchev–Trinajstić information content (AvgIpc) is 3.06. The molecule has 1 aliphatic rings. The van der Waals surface area contributed by atoms with E-state index in [1.165, 1.54) is 6.07 Å². The largest absolute Gasteiger partial charge is 0.480 e. The van der Waals surface area contributed by atoms with Gasteiger partial charge in [0.15, 0.2) is 0 Å². The molecule has 0 radical (unpaired) electrons. The van der Waals surface area contributed by atoms with Gasteiger partial charge in [0.05, 0.1) is 11.6 Å². The zero-order chi connectivity index (χ0) is 12.5. The van der Waals surface area contributed by atoms with Gasteiger partial charge in [-0.2, -0.15) is 5.26 Å². The van der Waals surface area contributed by atoms with Crippen LogP contribution in [0.5, 0.6) is 0 Å². The molecule has 1 fully saturated rings. The van der Waals surface area contributed by atoms with E-state index in [2.05, 4.69) is 5.32 Å². The number of carboxylic acids is 1. The summed E-state index contributed by atoms with van der Waals surface area (Å²) in [5.74, 6) is -1.37. The van der Waals surface area contributed by atoms with Crippen LogP contribution in [0.1, 0.15) is 24.0 Å². The van der Waals surface area contributed by atoms with Crippen LogP contribution in [0.25, 0.3) is 0 Å². The Morgan fingerprint density at radius 3 is 2.76 bits per heavy atom. The number of carboxylic acid groups (broad SMARTS) is 1.